The number of carbonyl (C=O) groups is 1. The molecule has 2 aromatic rings. The minimum Gasteiger partial charge on any atom is -0.348 e. The Labute approximate surface area is 130 Å². The first-order valence-electron chi connectivity index (χ1n) is 7.33. The van der Waals surface area contributed by atoms with Gasteiger partial charge in [-0.3, -0.25) is 4.79 Å². The second kappa shape index (κ2) is 7.18. The first-order valence-corrected chi connectivity index (χ1v) is 7.33. The van der Waals surface area contributed by atoms with Crippen LogP contribution in [0, 0.1) is 12.7 Å². The maximum absolute atomic E-state index is 13.6. The van der Waals surface area contributed by atoms with Crippen molar-refractivity contribution in [3.05, 3.63) is 71.0 Å². The summed E-state index contributed by atoms with van der Waals surface area (Å²) >= 11 is 0. The van der Waals surface area contributed by atoms with E-state index in [4.69, 9.17) is 5.73 Å². The number of rotatable bonds is 5. The molecule has 0 fully saturated rings. The van der Waals surface area contributed by atoms with Crippen molar-refractivity contribution < 1.29 is 9.18 Å². The normalized spacial score (nSPS) is 13.5. The molecule has 2 aromatic carbocycles. The van der Waals surface area contributed by atoms with Gasteiger partial charge in [0.15, 0.2) is 0 Å². The predicted molar refractivity (Wildman–Crippen MR) is 85.8 cm³/mol. The van der Waals surface area contributed by atoms with Crippen molar-refractivity contribution in [1.29, 1.82) is 0 Å². The molecule has 2 atom stereocenters. The minimum atomic E-state index is -0.625. The summed E-state index contributed by atoms with van der Waals surface area (Å²) in [6.45, 7) is 3.52. The van der Waals surface area contributed by atoms with Gasteiger partial charge in [0, 0.05) is 0 Å². The Bertz CT molecular complexity index is 643. The number of benzene rings is 2. The predicted octanol–water partition coefficient (Wildman–Crippen LogP) is 2.88. The highest BCUT2D eigenvalue weighted by Crippen LogP contribution is 2.16. The molecule has 2 unspecified atom stereocenters. The zero-order valence-electron chi connectivity index (χ0n) is 12.8. The van der Waals surface area contributed by atoms with Gasteiger partial charge in [-0.25, -0.2) is 4.39 Å². The van der Waals surface area contributed by atoms with Gasteiger partial charge in [0.05, 0.1) is 12.1 Å². The molecular formula is C18H21FN2O. The molecule has 0 saturated carbocycles. The number of nitrogens with two attached hydrogens (primary N) is 1. The zero-order chi connectivity index (χ0) is 16.1. The van der Waals surface area contributed by atoms with E-state index < -0.39 is 6.04 Å². The zero-order valence-corrected chi connectivity index (χ0v) is 12.8. The lowest BCUT2D eigenvalue weighted by Crippen LogP contribution is -2.43. The van der Waals surface area contributed by atoms with E-state index in [1.807, 2.05) is 43.3 Å². The van der Waals surface area contributed by atoms with Gasteiger partial charge in [-0.15, -0.1) is 0 Å². The molecule has 2 rings (SSSR count). The number of hydrogen-bond acceptors (Lipinski definition) is 2. The van der Waals surface area contributed by atoms with Gasteiger partial charge < -0.3 is 11.1 Å². The summed E-state index contributed by atoms with van der Waals surface area (Å²) in [6, 6.07) is 13.7. The highest BCUT2D eigenvalue weighted by atomic mass is 19.1. The Balaban J connectivity index is 1.96. The summed E-state index contributed by atoms with van der Waals surface area (Å²) in [5, 5.41) is 2.83. The van der Waals surface area contributed by atoms with E-state index in [1.54, 1.807) is 13.0 Å². The highest BCUT2D eigenvalue weighted by Gasteiger charge is 2.17. The average molecular weight is 300 g/mol. The van der Waals surface area contributed by atoms with Crippen LogP contribution in [0.25, 0.3) is 0 Å². The quantitative estimate of drug-likeness (QED) is 0.892. The van der Waals surface area contributed by atoms with Gasteiger partial charge in [0.2, 0.25) is 5.91 Å². The molecule has 1 amide bonds. The van der Waals surface area contributed by atoms with E-state index in [9.17, 15) is 9.18 Å². The van der Waals surface area contributed by atoms with Crippen LogP contribution in [0.4, 0.5) is 4.39 Å². The first kappa shape index (κ1) is 16.2. The maximum Gasteiger partial charge on any atom is 0.237 e. The third kappa shape index (κ3) is 4.15. The van der Waals surface area contributed by atoms with Crippen LogP contribution in [0.3, 0.4) is 0 Å². The fourth-order valence-electron chi connectivity index (χ4n) is 2.24. The van der Waals surface area contributed by atoms with Gasteiger partial charge in [-0.2, -0.15) is 0 Å². The molecule has 116 valence electrons. The summed E-state index contributed by atoms with van der Waals surface area (Å²) in [5.41, 5.74) is 8.27. The van der Waals surface area contributed by atoms with Crippen molar-refractivity contribution in [2.45, 2.75) is 32.4 Å². The molecule has 0 aliphatic heterocycles. The van der Waals surface area contributed by atoms with Crippen molar-refractivity contribution in [3.8, 4) is 0 Å². The molecule has 0 saturated heterocycles. The molecule has 3 N–H and O–H groups in total. The minimum absolute atomic E-state index is 0.239. The van der Waals surface area contributed by atoms with Gasteiger partial charge in [-0.05, 0) is 43.0 Å². The van der Waals surface area contributed by atoms with Crippen molar-refractivity contribution in [2.24, 2.45) is 5.73 Å². The highest BCUT2D eigenvalue weighted by molar-refractivity contribution is 5.82. The SMILES string of the molecule is Cc1ccc(C(C)NC(=O)C(N)Cc2ccccc2)cc1F. The molecule has 0 spiro atoms. The lowest BCUT2D eigenvalue weighted by atomic mass is 10.0. The van der Waals surface area contributed by atoms with Gasteiger partial charge in [-0.1, -0.05) is 42.5 Å². The number of carbonyl (C=O) groups excluding carboxylic acids is 1. The van der Waals surface area contributed by atoms with E-state index in [0.29, 0.717) is 12.0 Å². The third-order valence-corrected chi connectivity index (χ3v) is 3.69. The van der Waals surface area contributed by atoms with Crippen LogP contribution in [0.15, 0.2) is 48.5 Å². The van der Waals surface area contributed by atoms with Crippen LogP contribution >= 0.6 is 0 Å². The Hall–Kier alpha value is -2.20. The Morgan fingerprint density at radius 2 is 1.91 bits per heavy atom. The standard InChI is InChI=1S/C18H21FN2O/c1-12-8-9-15(11-16(12)19)13(2)21-18(22)17(20)10-14-6-4-3-5-7-14/h3-9,11,13,17H,10,20H2,1-2H3,(H,21,22). The van der Waals surface area contributed by atoms with Gasteiger partial charge in [0.1, 0.15) is 5.82 Å². The second-order valence-electron chi connectivity index (χ2n) is 5.54. The van der Waals surface area contributed by atoms with Crippen LogP contribution in [0.2, 0.25) is 0 Å². The van der Waals surface area contributed by atoms with Crippen LogP contribution in [0.5, 0.6) is 0 Å². The third-order valence-electron chi connectivity index (χ3n) is 3.69. The van der Waals surface area contributed by atoms with Gasteiger partial charge >= 0.3 is 0 Å². The van der Waals surface area contributed by atoms with Crippen LogP contribution in [0.1, 0.15) is 29.7 Å². The number of nitrogens with one attached hydrogen (secondary N) is 1. The largest absolute Gasteiger partial charge is 0.348 e. The fraction of sp³-hybridized carbons (Fsp3) is 0.278. The lowest BCUT2D eigenvalue weighted by Gasteiger charge is -2.18. The molecule has 22 heavy (non-hydrogen) atoms. The molecule has 0 aliphatic carbocycles. The molecule has 0 radical (unpaired) electrons. The lowest BCUT2D eigenvalue weighted by molar-refractivity contribution is -0.123. The van der Waals surface area contributed by atoms with Crippen LogP contribution in [-0.2, 0) is 11.2 Å². The van der Waals surface area contributed by atoms with Crippen LogP contribution < -0.4 is 11.1 Å². The number of amides is 1. The molecule has 4 heteroatoms. The van der Waals surface area contributed by atoms with E-state index in [2.05, 4.69) is 5.32 Å². The first-order chi connectivity index (χ1) is 10.5. The van der Waals surface area contributed by atoms with E-state index >= 15 is 0 Å². The topological polar surface area (TPSA) is 55.1 Å². The number of halogens is 1. The van der Waals surface area contributed by atoms with E-state index in [-0.39, 0.29) is 17.8 Å². The number of aryl methyl sites for hydroxylation is 1. The Morgan fingerprint density at radius 3 is 2.55 bits per heavy atom. The van der Waals surface area contributed by atoms with Crippen molar-refractivity contribution >= 4 is 5.91 Å². The van der Waals surface area contributed by atoms with Crippen molar-refractivity contribution in [2.75, 3.05) is 0 Å². The maximum atomic E-state index is 13.6. The average Bonchev–Trinajstić information content (AvgIpc) is 2.50. The van der Waals surface area contributed by atoms with E-state index in [1.165, 1.54) is 6.07 Å². The fourth-order valence-corrected chi connectivity index (χ4v) is 2.24. The van der Waals surface area contributed by atoms with Crippen LogP contribution in [-0.4, -0.2) is 11.9 Å². The molecule has 0 bridgehead atoms. The molecular weight excluding hydrogens is 279 g/mol. The molecule has 0 aliphatic rings. The summed E-state index contributed by atoms with van der Waals surface area (Å²) in [6.07, 6.45) is 0.474. The summed E-state index contributed by atoms with van der Waals surface area (Å²) in [4.78, 5) is 12.2. The monoisotopic (exact) mass is 300 g/mol. The summed E-state index contributed by atoms with van der Waals surface area (Å²) in [5.74, 6) is -0.510. The summed E-state index contributed by atoms with van der Waals surface area (Å²) in [7, 11) is 0. The van der Waals surface area contributed by atoms with E-state index in [0.717, 1.165) is 11.1 Å². The van der Waals surface area contributed by atoms with Crippen molar-refractivity contribution in [3.63, 3.8) is 0 Å². The summed E-state index contributed by atoms with van der Waals surface area (Å²) < 4.78 is 13.6. The Kier molecular flexibility index (Phi) is 5.28. The molecule has 0 aromatic heterocycles. The number of hydrogen-bond donors (Lipinski definition) is 2. The Morgan fingerprint density at radius 1 is 1.23 bits per heavy atom. The van der Waals surface area contributed by atoms with Crippen molar-refractivity contribution in [1.82, 2.24) is 5.32 Å². The van der Waals surface area contributed by atoms with Gasteiger partial charge in [0.25, 0.3) is 0 Å². The second-order valence-corrected chi connectivity index (χ2v) is 5.54. The molecule has 3 nitrogen and oxygen atoms in total. The molecule has 0 heterocycles. The smallest absolute Gasteiger partial charge is 0.237 e.